The Morgan fingerprint density at radius 2 is 1.96 bits per heavy atom. The molecule has 1 aromatic carbocycles. The third kappa shape index (κ3) is 2.81. The molecule has 0 saturated carbocycles. The molecule has 1 atom stereocenters. The topological polar surface area (TPSA) is 73.4 Å². The fourth-order valence-corrected chi connectivity index (χ4v) is 2.53. The highest BCUT2D eigenvalue weighted by Gasteiger charge is 2.33. The largest absolute Gasteiger partial charge is 0.573 e. The second-order valence-electron chi connectivity index (χ2n) is 5.20. The van der Waals surface area contributed by atoms with E-state index in [9.17, 15) is 18.0 Å². The van der Waals surface area contributed by atoms with Gasteiger partial charge in [-0.05, 0) is 31.2 Å². The maximum atomic E-state index is 12.5. The van der Waals surface area contributed by atoms with Crippen LogP contribution >= 0.6 is 0 Å². The minimum Gasteiger partial charge on any atom is -0.406 e. The molecular formula is C14H13F3N4O2. The maximum absolute atomic E-state index is 12.5. The molecule has 1 aliphatic rings. The third-order valence-electron chi connectivity index (χ3n) is 3.52. The maximum Gasteiger partial charge on any atom is 0.573 e. The Hall–Kier alpha value is -2.71. The molecule has 0 fully saturated rings. The van der Waals surface area contributed by atoms with Crippen molar-refractivity contribution in [1.29, 1.82) is 0 Å². The monoisotopic (exact) mass is 326 g/mol. The highest BCUT2D eigenvalue weighted by molar-refractivity contribution is 6.08. The number of carbonyl (C=O) groups excluding carboxylic acids is 1. The molecule has 6 nitrogen and oxygen atoms in total. The molecule has 0 radical (unpaired) electrons. The predicted octanol–water partition coefficient (Wildman–Crippen LogP) is 2.59. The lowest BCUT2D eigenvalue weighted by Gasteiger charge is -2.32. The van der Waals surface area contributed by atoms with E-state index >= 15 is 0 Å². The quantitative estimate of drug-likeness (QED) is 0.920. The smallest absolute Gasteiger partial charge is 0.406 e. The fourth-order valence-electron chi connectivity index (χ4n) is 2.53. The van der Waals surface area contributed by atoms with Gasteiger partial charge in [0, 0.05) is 12.2 Å². The van der Waals surface area contributed by atoms with Crippen LogP contribution in [0.2, 0.25) is 0 Å². The van der Waals surface area contributed by atoms with Gasteiger partial charge in [0.1, 0.15) is 11.4 Å². The first-order valence-electron chi connectivity index (χ1n) is 6.77. The average Bonchev–Trinajstić information content (AvgIpc) is 2.85. The van der Waals surface area contributed by atoms with Crippen molar-refractivity contribution in [3.05, 3.63) is 36.2 Å². The Bertz CT molecular complexity index is 739. The summed E-state index contributed by atoms with van der Waals surface area (Å²) in [5.41, 5.74) is 6.78. The van der Waals surface area contributed by atoms with Gasteiger partial charge in [0.2, 0.25) is 0 Å². The van der Waals surface area contributed by atoms with Crippen LogP contribution in [-0.2, 0) is 0 Å². The number of anilines is 2. The van der Waals surface area contributed by atoms with E-state index < -0.39 is 6.36 Å². The van der Waals surface area contributed by atoms with Crippen LogP contribution in [-0.4, -0.2) is 28.6 Å². The highest BCUT2D eigenvalue weighted by Crippen LogP contribution is 2.30. The summed E-state index contributed by atoms with van der Waals surface area (Å²) in [6.07, 6.45) is -3.34. The number of hydrogen-bond donors (Lipinski definition) is 1. The lowest BCUT2D eigenvalue weighted by atomic mass is 10.1. The number of fused-ring (bicyclic) bond motifs is 1. The Labute approximate surface area is 129 Å². The number of carbonyl (C=O) groups is 1. The number of ether oxygens (including phenoxy) is 1. The van der Waals surface area contributed by atoms with E-state index in [1.165, 1.54) is 23.2 Å². The molecule has 1 aliphatic heterocycles. The molecule has 0 saturated heterocycles. The van der Waals surface area contributed by atoms with Crippen LogP contribution in [0.5, 0.6) is 5.75 Å². The van der Waals surface area contributed by atoms with E-state index in [1.54, 1.807) is 4.68 Å². The van der Waals surface area contributed by atoms with Crippen molar-refractivity contribution in [2.45, 2.75) is 19.3 Å². The van der Waals surface area contributed by atoms with Gasteiger partial charge in [-0.1, -0.05) is 0 Å². The standard InChI is InChI=1S/C14H13F3N4O2/c1-8-7-20(13(22)12-11(18)6-19-21(8)12)9-2-4-10(5-3-9)23-14(15,16)17/h2-6,8H,7,18H2,1H3/t8-/m0/s1. The molecule has 2 heterocycles. The molecule has 2 N–H and O–H groups in total. The van der Waals surface area contributed by atoms with Crippen molar-refractivity contribution in [1.82, 2.24) is 9.78 Å². The normalized spacial score (nSPS) is 18.0. The summed E-state index contributed by atoms with van der Waals surface area (Å²) in [5.74, 6) is -0.689. The van der Waals surface area contributed by atoms with Gasteiger partial charge in [0.25, 0.3) is 5.91 Å². The summed E-state index contributed by atoms with van der Waals surface area (Å²) in [5, 5.41) is 4.07. The lowest BCUT2D eigenvalue weighted by molar-refractivity contribution is -0.274. The van der Waals surface area contributed by atoms with Crippen LogP contribution in [0.3, 0.4) is 0 Å². The van der Waals surface area contributed by atoms with E-state index in [1.807, 2.05) is 6.92 Å². The van der Waals surface area contributed by atoms with Crippen molar-refractivity contribution in [2.24, 2.45) is 0 Å². The highest BCUT2D eigenvalue weighted by atomic mass is 19.4. The van der Waals surface area contributed by atoms with Gasteiger partial charge < -0.3 is 15.4 Å². The molecule has 1 amide bonds. The first-order chi connectivity index (χ1) is 10.8. The van der Waals surface area contributed by atoms with E-state index in [2.05, 4.69) is 9.84 Å². The zero-order valence-electron chi connectivity index (χ0n) is 12.0. The fraction of sp³-hybridized carbons (Fsp3) is 0.286. The van der Waals surface area contributed by atoms with Crippen molar-refractivity contribution in [3.63, 3.8) is 0 Å². The number of nitrogen functional groups attached to an aromatic ring is 1. The van der Waals surface area contributed by atoms with Crippen LogP contribution in [0.25, 0.3) is 0 Å². The third-order valence-corrected chi connectivity index (χ3v) is 3.52. The summed E-state index contributed by atoms with van der Waals surface area (Å²) in [6, 6.07) is 5.01. The van der Waals surface area contributed by atoms with Crippen molar-refractivity contribution >= 4 is 17.3 Å². The van der Waals surface area contributed by atoms with E-state index in [4.69, 9.17) is 5.73 Å². The first-order valence-corrected chi connectivity index (χ1v) is 6.77. The number of halogens is 3. The van der Waals surface area contributed by atoms with Crippen molar-refractivity contribution < 1.29 is 22.7 Å². The summed E-state index contributed by atoms with van der Waals surface area (Å²) < 4.78 is 41.9. The number of amides is 1. The Morgan fingerprint density at radius 1 is 1.30 bits per heavy atom. The van der Waals surface area contributed by atoms with Crippen molar-refractivity contribution in [2.75, 3.05) is 17.2 Å². The summed E-state index contributed by atoms with van der Waals surface area (Å²) in [7, 11) is 0. The van der Waals surface area contributed by atoms with Crippen LogP contribution in [0.4, 0.5) is 24.5 Å². The number of nitrogens with two attached hydrogens (primary N) is 1. The Kier molecular flexibility index (Phi) is 3.42. The van der Waals surface area contributed by atoms with Gasteiger partial charge in [0.15, 0.2) is 0 Å². The SMILES string of the molecule is C[C@H]1CN(c2ccc(OC(F)(F)F)cc2)C(=O)c2c(N)cnn21. The van der Waals surface area contributed by atoms with E-state index in [-0.39, 0.29) is 29.1 Å². The van der Waals surface area contributed by atoms with Crippen LogP contribution < -0.4 is 15.4 Å². The Balaban J connectivity index is 1.88. The predicted molar refractivity (Wildman–Crippen MR) is 76.2 cm³/mol. The van der Waals surface area contributed by atoms with Crippen LogP contribution in [0.1, 0.15) is 23.5 Å². The van der Waals surface area contributed by atoms with Crippen LogP contribution in [0.15, 0.2) is 30.5 Å². The molecule has 23 heavy (non-hydrogen) atoms. The minimum absolute atomic E-state index is 0.105. The van der Waals surface area contributed by atoms with Gasteiger partial charge in [-0.15, -0.1) is 13.2 Å². The number of alkyl halides is 3. The molecule has 2 aromatic rings. The van der Waals surface area contributed by atoms with Gasteiger partial charge >= 0.3 is 6.36 Å². The van der Waals surface area contributed by atoms with Gasteiger partial charge in [-0.3, -0.25) is 9.48 Å². The van der Waals surface area contributed by atoms with Gasteiger partial charge in [-0.25, -0.2) is 0 Å². The number of benzene rings is 1. The second kappa shape index (κ2) is 5.18. The van der Waals surface area contributed by atoms with E-state index in [0.717, 1.165) is 12.1 Å². The molecule has 9 heteroatoms. The molecule has 122 valence electrons. The van der Waals surface area contributed by atoms with Gasteiger partial charge in [-0.2, -0.15) is 5.10 Å². The second-order valence-corrected chi connectivity index (χ2v) is 5.20. The van der Waals surface area contributed by atoms with E-state index in [0.29, 0.717) is 12.2 Å². The molecule has 0 aliphatic carbocycles. The summed E-state index contributed by atoms with van der Waals surface area (Å²) >= 11 is 0. The molecule has 3 rings (SSSR count). The van der Waals surface area contributed by atoms with Gasteiger partial charge in [0.05, 0.1) is 17.9 Å². The lowest BCUT2D eigenvalue weighted by Crippen LogP contribution is -2.42. The zero-order valence-corrected chi connectivity index (χ0v) is 12.0. The minimum atomic E-state index is -4.75. The molecule has 1 aromatic heterocycles. The number of hydrogen-bond acceptors (Lipinski definition) is 4. The number of nitrogens with zero attached hydrogens (tertiary/aromatic N) is 3. The Morgan fingerprint density at radius 3 is 2.57 bits per heavy atom. The first kappa shape index (κ1) is 15.2. The zero-order chi connectivity index (χ0) is 16.8. The summed E-state index contributed by atoms with van der Waals surface area (Å²) in [6.45, 7) is 2.21. The van der Waals surface area contributed by atoms with Crippen LogP contribution in [0, 0.1) is 0 Å². The molecular weight excluding hydrogens is 313 g/mol. The number of rotatable bonds is 2. The molecule has 0 spiro atoms. The summed E-state index contributed by atoms with van der Waals surface area (Å²) in [4.78, 5) is 14.0. The number of aromatic nitrogens is 2. The van der Waals surface area contributed by atoms with Crippen molar-refractivity contribution in [3.8, 4) is 5.75 Å². The average molecular weight is 326 g/mol. The molecule has 0 unspecified atom stereocenters. The molecule has 0 bridgehead atoms.